The Morgan fingerprint density at radius 1 is 1.25 bits per heavy atom. The van der Waals surface area contributed by atoms with Crippen LogP contribution in [0.25, 0.3) is 10.9 Å². The number of fused-ring (bicyclic) bond motifs is 1. The molecule has 5 N–H and O–H groups in total. The molecule has 146 valence electrons. The summed E-state index contributed by atoms with van der Waals surface area (Å²) in [7, 11) is 0. The second-order valence-electron chi connectivity index (χ2n) is 6.53. The monoisotopic (exact) mass is 381 g/mol. The number of carbonyl (C=O) groups is 2. The van der Waals surface area contributed by atoms with Crippen molar-refractivity contribution in [1.29, 1.82) is 0 Å². The number of anilines is 1. The van der Waals surface area contributed by atoms with Crippen LogP contribution in [-0.4, -0.2) is 34.6 Å². The molecule has 0 saturated carbocycles. The Bertz CT molecular complexity index is 996. The molecule has 7 heteroatoms. The maximum atomic E-state index is 12.6. The van der Waals surface area contributed by atoms with Gasteiger partial charge in [-0.15, -0.1) is 0 Å². The van der Waals surface area contributed by atoms with Gasteiger partial charge < -0.3 is 25.9 Å². The molecular weight excluding hydrogens is 358 g/mol. The first kappa shape index (κ1) is 19.3. The fourth-order valence-corrected chi connectivity index (χ4v) is 3.00. The van der Waals surface area contributed by atoms with Gasteiger partial charge in [-0.05, 0) is 36.2 Å². The number of H-pyrrole nitrogens is 1. The number of hydrogen-bond donors (Lipinski definition) is 4. The number of hydrogen-bond acceptors (Lipinski definition) is 4. The zero-order chi connectivity index (χ0) is 20.1. The second-order valence-corrected chi connectivity index (χ2v) is 6.53. The number of aromatic nitrogens is 1. The first-order valence-electron chi connectivity index (χ1n) is 9.10. The van der Waals surface area contributed by atoms with Crippen molar-refractivity contribution in [3.8, 4) is 5.75 Å². The van der Waals surface area contributed by atoms with E-state index in [1.807, 2.05) is 31.2 Å². The molecule has 1 heterocycles. The van der Waals surface area contributed by atoms with Crippen LogP contribution in [0.15, 0.2) is 48.7 Å². The number of carboxylic acid groups (broad SMARTS) is 1. The molecule has 0 aliphatic heterocycles. The summed E-state index contributed by atoms with van der Waals surface area (Å²) in [5, 5.41) is 13.1. The molecule has 7 nitrogen and oxygen atoms in total. The van der Waals surface area contributed by atoms with E-state index in [-0.39, 0.29) is 12.0 Å². The number of aliphatic carboxylic acids is 1. The van der Waals surface area contributed by atoms with Crippen molar-refractivity contribution in [1.82, 2.24) is 10.3 Å². The number of para-hydroxylation sites is 1. The Morgan fingerprint density at radius 2 is 2.04 bits per heavy atom. The lowest BCUT2D eigenvalue weighted by atomic mass is 10.0. The van der Waals surface area contributed by atoms with E-state index in [1.165, 1.54) is 6.07 Å². The van der Waals surface area contributed by atoms with E-state index in [4.69, 9.17) is 10.5 Å². The summed E-state index contributed by atoms with van der Waals surface area (Å²) in [6.07, 6.45) is 2.78. The van der Waals surface area contributed by atoms with Crippen LogP contribution in [0, 0.1) is 0 Å². The standard InChI is InChI=1S/C21H23N3O4/c1-2-9-28-19-8-7-13(10-16(19)22)20(25)24-18(21(26)27)11-14-12-23-17-6-4-3-5-15(14)17/h3-8,10,12,18,23H,2,9,11,22H2,1H3,(H,24,25)(H,26,27). The summed E-state index contributed by atoms with van der Waals surface area (Å²) in [5.41, 5.74) is 8.30. The highest BCUT2D eigenvalue weighted by molar-refractivity contribution is 5.98. The number of nitrogens with two attached hydrogens (primary N) is 1. The predicted molar refractivity (Wildman–Crippen MR) is 108 cm³/mol. The van der Waals surface area contributed by atoms with Gasteiger partial charge in [0, 0.05) is 29.1 Å². The summed E-state index contributed by atoms with van der Waals surface area (Å²) < 4.78 is 5.50. The van der Waals surface area contributed by atoms with Gasteiger partial charge in [0.25, 0.3) is 5.91 Å². The quantitative estimate of drug-likeness (QED) is 0.448. The SMILES string of the molecule is CCCOc1ccc(C(=O)NC(Cc2c[nH]c3ccccc23)C(=O)O)cc1N. The van der Waals surface area contributed by atoms with Gasteiger partial charge in [0.2, 0.25) is 0 Å². The topological polar surface area (TPSA) is 117 Å². The average molecular weight is 381 g/mol. The van der Waals surface area contributed by atoms with Crippen molar-refractivity contribution in [2.75, 3.05) is 12.3 Å². The Kier molecular flexibility index (Phi) is 5.84. The van der Waals surface area contributed by atoms with Crippen molar-refractivity contribution in [3.05, 3.63) is 59.8 Å². The normalized spacial score (nSPS) is 11.9. The van der Waals surface area contributed by atoms with Crippen molar-refractivity contribution in [3.63, 3.8) is 0 Å². The zero-order valence-corrected chi connectivity index (χ0v) is 15.6. The number of carbonyl (C=O) groups excluding carboxylic acids is 1. The zero-order valence-electron chi connectivity index (χ0n) is 15.6. The molecule has 3 aromatic rings. The molecule has 3 rings (SSSR count). The van der Waals surface area contributed by atoms with E-state index in [9.17, 15) is 14.7 Å². The summed E-state index contributed by atoms with van der Waals surface area (Å²) in [6, 6.07) is 11.2. The smallest absolute Gasteiger partial charge is 0.326 e. The van der Waals surface area contributed by atoms with Crippen LogP contribution in [0.3, 0.4) is 0 Å². The largest absolute Gasteiger partial charge is 0.491 e. The van der Waals surface area contributed by atoms with E-state index >= 15 is 0 Å². The minimum absolute atomic E-state index is 0.165. The molecule has 1 unspecified atom stereocenters. The summed E-state index contributed by atoms with van der Waals surface area (Å²) in [4.78, 5) is 27.4. The molecule has 1 aromatic heterocycles. The lowest BCUT2D eigenvalue weighted by Gasteiger charge is -2.15. The minimum atomic E-state index is -1.10. The highest BCUT2D eigenvalue weighted by atomic mass is 16.5. The number of benzene rings is 2. The number of aromatic amines is 1. The Labute approximate surface area is 162 Å². The van der Waals surface area contributed by atoms with Gasteiger partial charge >= 0.3 is 5.97 Å². The third-order valence-electron chi connectivity index (χ3n) is 4.44. The molecular formula is C21H23N3O4. The highest BCUT2D eigenvalue weighted by Crippen LogP contribution is 2.23. The molecule has 0 bridgehead atoms. The Hall–Kier alpha value is -3.48. The molecule has 0 fully saturated rings. The molecule has 0 aliphatic rings. The Morgan fingerprint density at radius 3 is 2.75 bits per heavy atom. The minimum Gasteiger partial charge on any atom is -0.491 e. The summed E-state index contributed by atoms with van der Waals surface area (Å²) >= 11 is 0. The van der Waals surface area contributed by atoms with E-state index in [0.717, 1.165) is 22.9 Å². The van der Waals surface area contributed by atoms with Crippen LogP contribution in [0.2, 0.25) is 0 Å². The predicted octanol–water partition coefficient (Wildman–Crippen LogP) is 2.96. The van der Waals surface area contributed by atoms with Crippen molar-refractivity contribution < 1.29 is 19.4 Å². The molecule has 1 amide bonds. The molecule has 28 heavy (non-hydrogen) atoms. The lowest BCUT2D eigenvalue weighted by molar-refractivity contribution is -0.139. The number of rotatable bonds is 8. The first-order chi connectivity index (χ1) is 13.5. The Balaban J connectivity index is 1.74. The van der Waals surface area contributed by atoms with Crippen LogP contribution < -0.4 is 15.8 Å². The maximum absolute atomic E-state index is 12.6. The van der Waals surface area contributed by atoms with Gasteiger partial charge in [0.05, 0.1) is 12.3 Å². The fraction of sp³-hybridized carbons (Fsp3) is 0.238. The summed E-state index contributed by atoms with van der Waals surface area (Å²) in [5.74, 6) is -1.09. The van der Waals surface area contributed by atoms with E-state index in [2.05, 4.69) is 10.3 Å². The van der Waals surface area contributed by atoms with Gasteiger partial charge in [-0.25, -0.2) is 4.79 Å². The van der Waals surface area contributed by atoms with Crippen LogP contribution in [0.1, 0.15) is 29.3 Å². The van der Waals surface area contributed by atoms with Crippen molar-refractivity contribution in [2.45, 2.75) is 25.8 Å². The van der Waals surface area contributed by atoms with Gasteiger partial charge in [0.1, 0.15) is 11.8 Å². The molecule has 0 saturated heterocycles. The average Bonchev–Trinajstić information content (AvgIpc) is 3.09. The first-order valence-corrected chi connectivity index (χ1v) is 9.10. The third kappa shape index (κ3) is 4.25. The molecule has 0 radical (unpaired) electrons. The number of nitrogens with one attached hydrogen (secondary N) is 2. The van der Waals surface area contributed by atoms with Crippen molar-refractivity contribution >= 4 is 28.5 Å². The van der Waals surface area contributed by atoms with E-state index in [1.54, 1.807) is 18.3 Å². The van der Waals surface area contributed by atoms with Crippen LogP contribution in [0.5, 0.6) is 5.75 Å². The number of amides is 1. The molecule has 2 aromatic carbocycles. The lowest BCUT2D eigenvalue weighted by Crippen LogP contribution is -2.42. The van der Waals surface area contributed by atoms with E-state index < -0.39 is 17.9 Å². The van der Waals surface area contributed by atoms with Crippen LogP contribution in [-0.2, 0) is 11.2 Å². The van der Waals surface area contributed by atoms with Gasteiger partial charge in [-0.1, -0.05) is 25.1 Å². The number of nitrogen functional groups attached to an aromatic ring is 1. The fourth-order valence-electron chi connectivity index (χ4n) is 3.00. The molecule has 0 aliphatic carbocycles. The number of carboxylic acids is 1. The van der Waals surface area contributed by atoms with E-state index in [0.29, 0.717) is 18.0 Å². The second kappa shape index (κ2) is 8.47. The van der Waals surface area contributed by atoms with Gasteiger partial charge in [-0.2, -0.15) is 0 Å². The molecule has 0 spiro atoms. The van der Waals surface area contributed by atoms with Crippen molar-refractivity contribution in [2.24, 2.45) is 0 Å². The van der Waals surface area contributed by atoms with Crippen LogP contribution in [0.4, 0.5) is 5.69 Å². The number of ether oxygens (including phenoxy) is 1. The van der Waals surface area contributed by atoms with Gasteiger partial charge in [-0.3, -0.25) is 4.79 Å². The highest BCUT2D eigenvalue weighted by Gasteiger charge is 2.23. The summed E-state index contributed by atoms with van der Waals surface area (Å²) in [6.45, 7) is 2.51. The third-order valence-corrected chi connectivity index (χ3v) is 4.44. The van der Waals surface area contributed by atoms with Gasteiger partial charge in [0.15, 0.2) is 0 Å². The molecule has 1 atom stereocenters. The van der Waals surface area contributed by atoms with Crippen LogP contribution >= 0.6 is 0 Å². The maximum Gasteiger partial charge on any atom is 0.326 e.